The third-order valence-electron chi connectivity index (χ3n) is 3.59. The number of nitrogens with one attached hydrogen (secondary N) is 2. The predicted octanol–water partition coefficient (Wildman–Crippen LogP) is 2.09. The van der Waals surface area contributed by atoms with Gasteiger partial charge in [0.2, 0.25) is 11.8 Å². The number of hydrogen-bond acceptors (Lipinski definition) is 3. The average Bonchev–Trinajstić information content (AvgIpc) is 2.48. The van der Waals surface area contributed by atoms with Crippen LogP contribution >= 0.6 is 0 Å². The Morgan fingerprint density at radius 3 is 2.43 bits per heavy atom. The van der Waals surface area contributed by atoms with Crippen molar-refractivity contribution in [1.82, 2.24) is 10.6 Å². The minimum atomic E-state index is -0.708. The smallest absolute Gasteiger partial charge is 0.225 e. The lowest BCUT2D eigenvalue weighted by atomic mass is 9.96. The molecule has 0 aliphatic carbocycles. The molecule has 128 valence electrons. The maximum atomic E-state index is 11.8. The van der Waals surface area contributed by atoms with E-state index in [1.807, 2.05) is 52.0 Å². The second-order valence-corrected chi connectivity index (χ2v) is 6.79. The molecule has 0 spiro atoms. The quantitative estimate of drug-likeness (QED) is 0.673. The molecule has 0 aliphatic heterocycles. The Bertz CT molecular complexity index is 535. The normalized spacial score (nSPS) is 12.6. The third kappa shape index (κ3) is 6.82. The molecule has 5 heteroatoms. The van der Waals surface area contributed by atoms with E-state index >= 15 is 0 Å². The molecule has 0 aromatic heterocycles. The van der Waals surface area contributed by atoms with Crippen molar-refractivity contribution in [2.75, 3.05) is 13.1 Å². The van der Waals surface area contributed by atoms with Crippen LogP contribution in [-0.2, 0) is 9.59 Å². The van der Waals surface area contributed by atoms with Gasteiger partial charge in [-0.25, -0.2) is 0 Å². The fraction of sp³-hybridized carbons (Fsp3) is 0.556. The molecule has 0 radical (unpaired) electrons. The fourth-order valence-corrected chi connectivity index (χ4v) is 2.09. The molecule has 1 aromatic carbocycles. The number of carbonyl (C=O) groups is 2. The van der Waals surface area contributed by atoms with Crippen LogP contribution in [0.3, 0.4) is 0 Å². The molecule has 2 amide bonds. The van der Waals surface area contributed by atoms with Crippen molar-refractivity contribution in [3.05, 3.63) is 35.4 Å². The second-order valence-electron chi connectivity index (χ2n) is 6.79. The van der Waals surface area contributed by atoms with Gasteiger partial charge in [0, 0.05) is 24.9 Å². The summed E-state index contributed by atoms with van der Waals surface area (Å²) in [7, 11) is 0. The van der Waals surface area contributed by atoms with E-state index < -0.39 is 11.5 Å². The third-order valence-corrected chi connectivity index (χ3v) is 3.59. The molecule has 0 heterocycles. The number of aliphatic hydroxyl groups excluding tert-OH is 1. The molecular weight excluding hydrogens is 292 g/mol. The fourth-order valence-electron chi connectivity index (χ4n) is 2.09. The molecule has 1 aromatic rings. The Labute approximate surface area is 138 Å². The van der Waals surface area contributed by atoms with Crippen LogP contribution in [0, 0.1) is 12.3 Å². The van der Waals surface area contributed by atoms with Crippen molar-refractivity contribution in [2.24, 2.45) is 5.41 Å². The van der Waals surface area contributed by atoms with Crippen LogP contribution in [0.5, 0.6) is 0 Å². The van der Waals surface area contributed by atoms with Crippen LogP contribution < -0.4 is 10.6 Å². The van der Waals surface area contributed by atoms with Crippen molar-refractivity contribution in [2.45, 2.75) is 46.6 Å². The molecule has 1 atom stereocenters. The zero-order valence-corrected chi connectivity index (χ0v) is 14.5. The highest BCUT2D eigenvalue weighted by atomic mass is 16.3. The molecule has 3 N–H and O–H groups in total. The Morgan fingerprint density at radius 1 is 1.17 bits per heavy atom. The standard InChI is InChI=1S/C18H28N2O3/c1-13-8-5-6-9-14(13)15(21)12-20-16(22)10-7-11-19-17(23)18(2,3)4/h5-6,8-9,15,21H,7,10-12H2,1-4H3,(H,19,23)(H,20,22). The minimum Gasteiger partial charge on any atom is -0.387 e. The van der Waals surface area contributed by atoms with Gasteiger partial charge in [0.05, 0.1) is 6.10 Å². The van der Waals surface area contributed by atoms with Crippen LogP contribution in [-0.4, -0.2) is 30.0 Å². The molecule has 5 nitrogen and oxygen atoms in total. The monoisotopic (exact) mass is 320 g/mol. The van der Waals surface area contributed by atoms with E-state index in [1.54, 1.807) is 0 Å². The summed E-state index contributed by atoms with van der Waals surface area (Å²) in [5, 5.41) is 15.6. The molecule has 1 unspecified atom stereocenters. The molecule has 1 rings (SSSR count). The van der Waals surface area contributed by atoms with Gasteiger partial charge in [0.1, 0.15) is 0 Å². The highest BCUT2D eigenvalue weighted by Gasteiger charge is 2.20. The molecule has 0 saturated carbocycles. The van der Waals surface area contributed by atoms with Gasteiger partial charge in [-0.05, 0) is 24.5 Å². The summed E-state index contributed by atoms with van der Waals surface area (Å²) >= 11 is 0. The molecule has 0 aliphatic rings. The zero-order chi connectivity index (χ0) is 17.5. The van der Waals surface area contributed by atoms with Crippen LogP contribution in [0.1, 0.15) is 50.8 Å². The van der Waals surface area contributed by atoms with Gasteiger partial charge in [-0.3, -0.25) is 9.59 Å². The number of rotatable bonds is 7. The topological polar surface area (TPSA) is 78.4 Å². The van der Waals surface area contributed by atoms with Crippen LogP contribution in [0.25, 0.3) is 0 Å². The lowest BCUT2D eigenvalue weighted by Gasteiger charge is -2.17. The highest BCUT2D eigenvalue weighted by Crippen LogP contribution is 2.16. The molecule has 0 saturated heterocycles. The Balaban J connectivity index is 2.25. The first kappa shape index (κ1) is 19.2. The summed E-state index contributed by atoms with van der Waals surface area (Å²) < 4.78 is 0. The van der Waals surface area contributed by atoms with Gasteiger partial charge in [0.15, 0.2) is 0 Å². The predicted molar refractivity (Wildman–Crippen MR) is 90.8 cm³/mol. The van der Waals surface area contributed by atoms with Crippen molar-refractivity contribution in [3.63, 3.8) is 0 Å². The van der Waals surface area contributed by atoms with Gasteiger partial charge < -0.3 is 15.7 Å². The summed E-state index contributed by atoms with van der Waals surface area (Å²) in [5.74, 6) is -0.143. The molecular formula is C18H28N2O3. The number of amides is 2. The van der Waals surface area contributed by atoms with E-state index in [9.17, 15) is 14.7 Å². The van der Waals surface area contributed by atoms with E-state index in [0.717, 1.165) is 11.1 Å². The van der Waals surface area contributed by atoms with Crippen LogP contribution in [0.4, 0.5) is 0 Å². The Kier molecular flexibility index (Phi) is 7.23. The van der Waals surface area contributed by atoms with E-state index in [-0.39, 0.29) is 18.4 Å². The van der Waals surface area contributed by atoms with E-state index in [0.29, 0.717) is 19.4 Å². The van der Waals surface area contributed by atoms with Gasteiger partial charge in [-0.15, -0.1) is 0 Å². The van der Waals surface area contributed by atoms with Gasteiger partial charge in [-0.2, -0.15) is 0 Å². The van der Waals surface area contributed by atoms with Crippen LogP contribution in [0.15, 0.2) is 24.3 Å². The van der Waals surface area contributed by atoms with E-state index in [2.05, 4.69) is 10.6 Å². The van der Waals surface area contributed by atoms with Gasteiger partial charge >= 0.3 is 0 Å². The Morgan fingerprint density at radius 2 is 1.83 bits per heavy atom. The van der Waals surface area contributed by atoms with Gasteiger partial charge in [0.25, 0.3) is 0 Å². The number of carbonyl (C=O) groups excluding carboxylic acids is 2. The van der Waals surface area contributed by atoms with Gasteiger partial charge in [-0.1, -0.05) is 45.0 Å². The SMILES string of the molecule is Cc1ccccc1C(O)CNC(=O)CCCNC(=O)C(C)(C)C. The Hall–Kier alpha value is -1.88. The van der Waals surface area contributed by atoms with Crippen molar-refractivity contribution in [1.29, 1.82) is 0 Å². The summed E-state index contributed by atoms with van der Waals surface area (Å²) in [4.78, 5) is 23.4. The number of aliphatic hydroxyl groups is 1. The molecule has 23 heavy (non-hydrogen) atoms. The molecule has 0 bridgehead atoms. The zero-order valence-electron chi connectivity index (χ0n) is 14.5. The maximum absolute atomic E-state index is 11.8. The lowest BCUT2D eigenvalue weighted by molar-refractivity contribution is -0.128. The average molecular weight is 320 g/mol. The van der Waals surface area contributed by atoms with E-state index in [1.165, 1.54) is 0 Å². The number of benzene rings is 1. The van der Waals surface area contributed by atoms with Crippen molar-refractivity contribution >= 4 is 11.8 Å². The summed E-state index contributed by atoms with van der Waals surface area (Å²) in [6.07, 6.45) is 0.194. The summed E-state index contributed by atoms with van der Waals surface area (Å²) in [6.45, 7) is 8.15. The summed E-state index contributed by atoms with van der Waals surface area (Å²) in [5.41, 5.74) is 1.41. The van der Waals surface area contributed by atoms with E-state index in [4.69, 9.17) is 0 Å². The first-order valence-corrected chi connectivity index (χ1v) is 8.00. The van der Waals surface area contributed by atoms with Crippen molar-refractivity contribution < 1.29 is 14.7 Å². The van der Waals surface area contributed by atoms with Crippen molar-refractivity contribution in [3.8, 4) is 0 Å². The highest BCUT2D eigenvalue weighted by molar-refractivity contribution is 5.81. The number of aryl methyl sites for hydroxylation is 1. The van der Waals surface area contributed by atoms with Crippen LogP contribution in [0.2, 0.25) is 0 Å². The minimum absolute atomic E-state index is 0.0205. The second kappa shape index (κ2) is 8.67. The first-order valence-electron chi connectivity index (χ1n) is 8.00. The summed E-state index contributed by atoms with van der Waals surface area (Å²) in [6, 6.07) is 7.56. The first-order chi connectivity index (χ1) is 10.7. The number of hydrogen-bond donors (Lipinski definition) is 3. The lowest BCUT2D eigenvalue weighted by Crippen LogP contribution is -2.36. The largest absolute Gasteiger partial charge is 0.387 e. The maximum Gasteiger partial charge on any atom is 0.225 e. The molecule has 0 fully saturated rings.